The summed E-state index contributed by atoms with van der Waals surface area (Å²) in [5.74, 6) is -0.490. The first-order valence-corrected chi connectivity index (χ1v) is 14.4. The Morgan fingerprint density at radius 3 is 2.27 bits per heavy atom. The third kappa shape index (κ3) is 8.21. The van der Waals surface area contributed by atoms with E-state index >= 15 is 0 Å². The van der Waals surface area contributed by atoms with Gasteiger partial charge in [-0.05, 0) is 49.6 Å². The molecule has 1 aliphatic heterocycles. The predicted molar refractivity (Wildman–Crippen MR) is 159 cm³/mol. The van der Waals surface area contributed by atoms with Gasteiger partial charge in [-0.1, -0.05) is 41.9 Å². The molecule has 2 aromatic rings. The second-order valence-electron chi connectivity index (χ2n) is 10.4. The van der Waals surface area contributed by atoms with Crippen LogP contribution in [0.3, 0.4) is 0 Å². The minimum absolute atomic E-state index is 0.00141. The van der Waals surface area contributed by atoms with Crippen LogP contribution in [0.25, 0.3) is 0 Å². The molecule has 2 aromatic carbocycles. The summed E-state index contributed by atoms with van der Waals surface area (Å²) in [4.78, 5) is 46.7. The second kappa shape index (κ2) is 15.1. The van der Waals surface area contributed by atoms with Crippen LogP contribution in [0.2, 0.25) is 5.02 Å². The molecular formula is C31H43ClN4O4. The molecule has 3 amide bonds. The van der Waals surface area contributed by atoms with Crippen LogP contribution >= 0.6 is 11.6 Å². The molecule has 0 aliphatic carbocycles. The Hall–Kier alpha value is -3.10. The molecule has 1 unspecified atom stereocenters. The fourth-order valence-electron chi connectivity index (χ4n) is 5.36. The Morgan fingerprint density at radius 1 is 1.02 bits per heavy atom. The molecule has 0 radical (unpaired) electrons. The van der Waals surface area contributed by atoms with E-state index in [1.807, 2.05) is 53.1 Å². The van der Waals surface area contributed by atoms with E-state index in [2.05, 4.69) is 24.0 Å². The first-order chi connectivity index (χ1) is 19.2. The number of hydrogen-bond acceptors (Lipinski definition) is 5. The summed E-state index contributed by atoms with van der Waals surface area (Å²) in [6.07, 6.45) is 0.610. The van der Waals surface area contributed by atoms with Crippen LogP contribution < -0.4 is 4.90 Å². The maximum absolute atomic E-state index is 13.8. The van der Waals surface area contributed by atoms with Crippen molar-refractivity contribution in [1.29, 1.82) is 0 Å². The van der Waals surface area contributed by atoms with Gasteiger partial charge >= 0.3 is 0 Å². The fourth-order valence-corrected chi connectivity index (χ4v) is 5.49. The summed E-state index contributed by atoms with van der Waals surface area (Å²) in [7, 11) is 3.35. The van der Waals surface area contributed by atoms with Gasteiger partial charge in [0.15, 0.2) is 0 Å². The van der Waals surface area contributed by atoms with Crippen molar-refractivity contribution in [1.82, 2.24) is 14.7 Å². The van der Waals surface area contributed by atoms with Gasteiger partial charge < -0.3 is 24.3 Å². The summed E-state index contributed by atoms with van der Waals surface area (Å²) in [5, 5.41) is 0.637. The van der Waals surface area contributed by atoms with Gasteiger partial charge in [0.1, 0.15) is 0 Å². The van der Waals surface area contributed by atoms with E-state index in [0.717, 1.165) is 16.8 Å². The molecule has 3 rings (SSSR count). The smallest absolute Gasteiger partial charge is 0.226 e. The highest BCUT2D eigenvalue weighted by molar-refractivity contribution is 6.30. The van der Waals surface area contributed by atoms with Crippen molar-refractivity contribution in [3.8, 4) is 0 Å². The van der Waals surface area contributed by atoms with E-state index in [4.69, 9.17) is 16.3 Å². The zero-order valence-electron chi connectivity index (χ0n) is 24.4. The standard InChI is InChI=1S/C31H43ClN4O4/c1-6-36(24(3)37)23(2)28-9-7-8-10-29(28)34-15-17-35(18-16-34)31(39)26(21-25-11-13-27(32)14-12-25)22-30(38)33(4)19-20-40-5/h7-14,23,26H,6,15-22H2,1-5H3/t23?,26-/m0/s1. The minimum Gasteiger partial charge on any atom is -0.383 e. The van der Waals surface area contributed by atoms with Crippen molar-refractivity contribution in [2.24, 2.45) is 5.92 Å². The first-order valence-electron chi connectivity index (χ1n) is 14.0. The van der Waals surface area contributed by atoms with Gasteiger partial charge in [0, 0.05) is 77.5 Å². The summed E-state index contributed by atoms with van der Waals surface area (Å²) in [6, 6.07) is 15.6. The van der Waals surface area contributed by atoms with Crippen LogP contribution in [-0.2, 0) is 25.5 Å². The normalized spacial score (nSPS) is 14.9. The number of benzene rings is 2. The average Bonchev–Trinajstić information content (AvgIpc) is 2.96. The Labute approximate surface area is 243 Å². The number of ether oxygens (including phenoxy) is 1. The lowest BCUT2D eigenvalue weighted by Gasteiger charge is -2.39. The van der Waals surface area contributed by atoms with Crippen LogP contribution in [0.1, 0.15) is 44.4 Å². The predicted octanol–water partition coefficient (Wildman–Crippen LogP) is 4.27. The number of hydrogen-bond donors (Lipinski definition) is 0. The number of carbonyl (C=O) groups excluding carboxylic acids is 3. The SMILES string of the molecule is CCN(C(C)=O)C(C)c1ccccc1N1CCN(C(=O)[C@H](CC(=O)N(C)CCOC)Cc2ccc(Cl)cc2)CC1. The number of nitrogens with zero attached hydrogens (tertiary/aromatic N) is 4. The Bertz CT molecular complexity index is 1130. The molecule has 1 aliphatic rings. The number of para-hydroxylation sites is 1. The summed E-state index contributed by atoms with van der Waals surface area (Å²) in [6.45, 7) is 9.71. The maximum Gasteiger partial charge on any atom is 0.226 e. The highest BCUT2D eigenvalue weighted by atomic mass is 35.5. The van der Waals surface area contributed by atoms with Gasteiger partial charge in [0.05, 0.1) is 18.6 Å². The fraction of sp³-hybridized carbons (Fsp3) is 0.516. The zero-order valence-corrected chi connectivity index (χ0v) is 25.2. The molecule has 1 fully saturated rings. The number of rotatable bonds is 12. The largest absolute Gasteiger partial charge is 0.383 e. The van der Waals surface area contributed by atoms with Crippen molar-refractivity contribution in [2.75, 3.05) is 64.9 Å². The first kappa shape index (κ1) is 31.4. The van der Waals surface area contributed by atoms with Crippen LogP contribution in [0.4, 0.5) is 5.69 Å². The molecule has 8 nitrogen and oxygen atoms in total. The Balaban J connectivity index is 1.73. The molecule has 0 saturated carbocycles. The van der Waals surface area contributed by atoms with E-state index in [9.17, 15) is 14.4 Å². The molecule has 1 saturated heterocycles. The Morgan fingerprint density at radius 2 is 1.68 bits per heavy atom. The van der Waals surface area contributed by atoms with Gasteiger partial charge in [-0.3, -0.25) is 14.4 Å². The molecule has 218 valence electrons. The van der Waals surface area contributed by atoms with E-state index in [0.29, 0.717) is 57.3 Å². The number of carbonyl (C=O) groups is 3. The number of likely N-dealkylation sites (N-methyl/N-ethyl adjacent to an activating group) is 1. The average molecular weight is 571 g/mol. The summed E-state index contributed by atoms with van der Waals surface area (Å²) in [5.41, 5.74) is 3.17. The molecule has 0 spiro atoms. The third-order valence-corrected chi connectivity index (χ3v) is 8.01. The lowest BCUT2D eigenvalue weighted by atomic mass is 9.93. The van der Waals surface area contributed by atoms with Crippen molar-refractivity contribution in [2.45, 2.75) is 39.7 Å². The maximum atomic E-state index is 13.8. The summed E-state index contributed by atoms with van der Waals surface area (Å²) >= 11 is 6.07. The van der Waals surface area contributed by atoms with E-state index in [-0.39, 0.29) is 30.2 Å². The molecule has 1 heterocycles. The molecule has 0 aromatic heterocycles. The van der Waals surface area contributed by atoms with Gasteiger partial charge in [-0.25, -0.2) is 0 Å². The molecule has 0 N–H and O–H groups in total. The lowest BCUT2D eigenvalue weighted by molar-refractivity contribution is -0.141. The molecule has 9 heteroatoms. The van der Waals surface area contributed by atoms with Crippen LogP contribution in [-0.4, -0.2) is 92.5 Å². The van der Waals surface area contributed by atoms with Gasteiger partial charge in [-0.15, -0.1) is 0 Å². The number of piperazine rings is 1. The van der Waals surface area contributed by atoms with Crippen molar-refractivity contribution >= 4 is 35.0 Å². The van der Waals surface area contributed by atoms with E-state index in [1.54, 1.807) is 26.0 Å². The number of amides is 3. The third-order valence-electron chi connectivity index (χ3n) is 7.75. The van der Waals surface area contributed by atoms with Gasteiger partial charge in [0.25, 0.3) is 0 Å². The zero-order chi connectivity index (χ0) is 29.2. The van der Waals surface area contributed by atoms with E-state index < -0.39 is 5.92 Å². The van der Waals surface area contributed by atoms with Crippen molar-refractivity contribution in [3.05, 3.63) is 64.7 Å². The second-order valence-corrected chi connectivity index (χ2v) is 10.8. The minimum atomic E-state index is -0.466. The number of methoxy groups -OCH3 is 1. The molecule has 0 bridgehead atoms. The lowest BCUT2D eigenvalue weighted by Crippen LogP contribution is -2.51. The van der Waals surface area contributed by atoms with Crippen molar-refractivity contribution < 1.29 is 19.1 Å². The van der Waals surface area contributed by atoms with Gasteiger partial charge in [0.2, 0.25) is 17.7 Å². The number of halogens is 1. The molecule has 2 atom stereocenters. The van der Waals surface area contributed by atoms with Gasteiger partial charge in [-0.2, -0.15) is 0 Å². The van der Waals surface area contributed by atoms with E-state index in [1.165, 1.54) is 0 Å². The molecule has 40 heavy (non-hydrogen) atoms. The summed E-state index contributed by atoms with van der Waals surface area (Å²) < 4.78 is 5.11. The van der Waals surface area contributed by atoms with Crippen molar-refractivity contribution in [3.63, 3.8) is 0 Å². The molecular weight excluding hydrogens is 528 g/mol. The van der Waals surface area contributed by atoms with Crippen LogP contribution in [0, 0.1) is 5.92 Å². The topological polar surface area (TPSA) is 73.4 Å². The quantitative estimate of drug-likeness (QED) is 0.381. The monoisotopic (exact) mass is 570 g/mol. The highest BCUT2D eigenvalue weighted by Gasteiger charge is 2.31. The van der Waals surface area contributed by atoms with Crippen LogP contribution in [0.15, 0.2) is 48.5 Å². The van der Waals surface area contributed by atoms with Crippen LogP contribution in [0.5, 0.6) is 0 Å². The number of anilines is 1. The Kier molecular flexibility index (Phi) is 11.8. The highest BCUT2D eigenvalue weighted by Crippen LogP contribution is 2.31.